The molecular formula is C32H36Cl2FN3O5. The molecule has 0 aliphatic rings. The fourth-order valence-electron chi connectivity index (χ4n) is 4.37. The van der Waals surface area contributed by atoms with Crippen molar-refractivity contribution in [2.75, 3.05) is 36.4 Å². The number of hydrogen-bond acceptors (Lipinski definition) is 6. The Balaban J connectivity index is 1.82. The number of nitrogens with zero attached hydrogens (tertiary/aromatic N) is 1. The van der Waals surface area contributed by atoms with Crippen LogP contribution in [-0.2, 0) is 38.5 Å². The van der Waals surface area contributed by atoms with Gasteiger partial charge in [0.1, 0.15) is 24.5 Å². The average molecular weight is 633 g/mol. The zero-order valence-electron chi connectivity index (χ0n) is 23.9. The molecule has 0 saturated heterocycles. The fourth-order valence-corrected chi connectivity index (χ4v) is 4.78. The number of anilines is 1. The zero-order valence-corrected chi connectivity index (χ0v) is 25.5. The van der Waals surface area contributed by atoms with E-state index in [0.29, 0.717) is 30.4 Å². The fraction of sp³-hybridized carbons (Fsp3) is 0.344. The Kier molecular flexibility index (Phi) is 14.1. The zero-order chi connectivity index (χ0) is 31.0. The van der Waals surface area contributed by atoms with Crippen LogP contribution in [0.1, 0.15) is 23.6 Å². The summed E-state index contributed by atoms with van der Waals surface area (Å²) in [7, 11) is 0. The molecule has 3 rings (SSSR count). The summed E-state index contributed by atoms with van der Waals surface area (Å²) in [6, 6.07) is 20.1. The molecule has 2 unspecified atom stereocenters. The van der Waals surface area contributed by atoms with Gasteiger partial charge in [-0.05, 0) is 47.9 Å². The lowest BCUT2D eigenvalue weighted by Crippen LogP contribution is -2.53. The first-order chi connectivity index (χ1) is 20.8. The van der Waals surface area contributed by atoms with Crippen LogP contribution in [0, 0.1) is 5.82 Å². The quantitative estimate of drug-likeness (QED) is 0.166. The second-order valence-electron chi connectivity index (χ2n) is 9.64. The predicted octanol–water partition coefficient (Wildman–Crippen LogP) is 5.24. The summed E-state index contributed by atoms with van der Waals surface area (Å²) < 4.78 is 24.0. The Bertz CT molecular complexity index is 1310. The molecule has 0 aliphatic carbocycles. The van der Waals surface area contributed by atoms with Gasteiger partial charge in [0, 0.05) is 43.4 Å². The minimum atomic E-state index is -1.10. The molecule has 0 radical (unpaired) electrons. The van der Waals surface area contributed by atoms with Gasteiger partial charge in [-0.1, -0.05) is 54.6 Å². The van der Waals surface area contributed by atoms with Crippen molar-refractivity contribution in [3.8, 4) is 0 Å². The SMILES string of the molecule is CCOC(=O)C(Cc1ccc(F)cc1)NC(=O)C(Cc1cccc(N(CCCl)CCCl)c1)NC(=O)OCc1ccccc1. The van der Waals surface area contributed by atoms with Crippen LogP contribution in [0.2, 0.25) is 0 Å². The lowest BCUT2D eigenvalue weighted by molar-refractivity contribution is -0.147. The van der Waals surface area contributed by atoms with E-state index >= 15 is 0 Å². The second-order valence-corrected chi connectivity index (χ2v) is 10.4. The van der Waals surface area contributed by atoms with Crippen molar-refractivity contribution in [2.45, 2.75) is 38.5 Å². The Morgan fingerprint density at radius 2 is 1.44 bits per heavy atom. The molecule has 3 aromatic carbocycles. The Morgan fingerprint density at radius 3 is 2.09 bits per heavy atom. The van der Waals surface area contributed by atoms with Gasteiger partial charge in [0.15, 0.2) is 0 Å². The van der Waals surface area contributed by atoms with Gasteiger partial charge in [-0.15, -0.1) is 23.2 Å². The standard InChI is InChI=1S/C32H36Cl2FN3O5/c1-2-42-31(40)29(20-23-11-13-26(35)14-12-23)36-30(39)28(37-32(41)43-22-24-7-4-3-5-8-24)21-25-9-6-10-27(19-25)38(17-15-33)18-16-34/h3-14,19,28-29H,2,15-18,20-22H2,1H3,(H,36,39)(H,37,41). The van der Waals surface area contributed by atoms with Crippen LogP contribution < -0.4 is 15.5 Å². The molecule has 230 valence electrons. The molecule has 0 aliphatic heterocycles. The molecule has 2 atom stereocenters. The van der Waals surface area contributed by atoms with Crippen molar-refractivity contribution in [2.24, 2.45) is 0 Å². The van der Waals surface area contributed by atoms with Crippen LogP contribution in [0.4, 0.5) is 14.9 Å². The number of amides is 2. The van der Waals surface area contributed by atoms with Crippen molar-refractivity contribution in [1.29, 1.82) is 0 Å². The number of hydrogen-bond donors (Lipinski definition) is 2. The molecule has 0 aromatic heterocycles. The molecule has 2 N–H and O–H groups in total. The Labute approximate surface area is 261 Å². The van der Waals surface area contributed by atoms with E-state index in [1.807, 2.05) is 59.5 Å². The minimum Gasteiger partial charge on any atom is -0.464 e. The third kappa shape index (κ3) is 11.4. The summed E-state index contributed by atoms with van der Waals surface area (Å²) in [5, 5.41) is 5.37. The molecule has 0 spiro atoms. The van der Waals surface area contributed by atoms with Crippen molar-refractivity contribution >= 4 is 46.9 Å². The van der Waals surface area contributed by atoms with Gasteiger partial charge >= 0.3 is 12.1 Å². The molecule has 8 nitrogen and oxygen atoms in total. The molecule has 11 heteroatoms. The average Bonchev–Trinajstić information content (AvgIpc) is 3.01. The van der Waals surface area contributed by atoms with Crippen LogP contribution in [0.25, 0.3) is 0 Å². The van der Waals surface area contributed by atoms with E-state index in [1.165, 1.54) is 24.3 Å². The van der Waals surface area contributed by atoms with E-state index in [2.05, 4.69) is 10.6 Å². The number of ether oxygens (including phenoxy) is 2. The molecule has 2 amide bonds. The molecule has 0 heterocycles. The third-order valence-corrected chi connectivity index (χ3v) is 6.82. The van der Waals surface area contributed by atoms with Crippen LogP contribution in [0.3, 0.4) is 0 Å². The second kappa shape index (κ2) is 18.0. The Hall–Kier alpha value is -3.82. The summed E-state index contributed by atoms with van der Waals surface area (Å²) in [5.41, 5.74) is 3.02. The number of alkyl carbamates (subject to hydrolysis) is 1. The van der Waals surface area contributed by atoms with Crippen molar-refractivity contribution in [3.05, 3.63) is 101 Å². The summed E-state index contributed by atoms with van der Waals surface area (Å²) >= 11 is 12.0. The van der Waals surface area contributed by atoms with Gasteiger partial charge in [0.05, 0.1) is 6.61 Å². The van der Waals surface area contributed by atoms with Gasteiger partial charge in [-0.3, -0.25) is 4.79 Å². The molecule has 0 bridgehead atoms. The number of esters is 1. The van der Waals surface area contributed by atoms with E-state index in [1.54, 1.807) is 6.92 Å². The molecule has 0 saturated carbocycles. The maximum atomic E-state index is 13.7. The van der Waals surface area contributed by atoms with E-state index in [-0.39, 0.29) is 26.1 Å². The molecule has 43 heavy (non-hydrogen) atoms. The first-order valence-electron chi connectivity index (χ1n) is 14.0. The largest absolute Gasteiger partial charge is 0.464 e. The first kappa shape index (κ1) is 33.7. The van der Waals surface area contributed by atoms with Crippen LogP contribution in [0.15, 0.2) is 78.9 Å². The molecule has 3 aromatic rings. The van der Waals surface area contributed by atoms with Gasteiger partial charge in [0.2, 0.25) is 5.91 Å². The van der Waals surface area contributed by atoms with Crippen molar-refractivity contribution < 1.29 is 28.2 Å². The smallest absolute Gasteiger partial charge is 0.408 e. The highest BCUT2D eigenvalue weighted by Crippen LogP contribution is 2.18. The number of benzene rings is 3. The van der Waals surface area contributed by atoms with Gasteiger partial charge in [0.25, 0.3) is 0 Å². The first-order valence-corrected chi connectivity index (χ1v) is 15.0. The number of carbonyl (C=O) groups is 3. The number of rotatable bonds is 16. The lowest BCUT2D eigenvalue weighted by Gasteiger charge is -2.25. The highest BCUT2D eigenvalue weighted by Gasteiger charge is 2.29. The highest BCUT2D eigenvalue weighted by atomic mass is 35.5. The monoisotopic (exact) mass is 631 g/mol. The normalized spacial score (nSPS) is 12.1. The topological polar surface area (TPSA) is 97.0 Å². The van der Waals surface area contributed by atoms with Crippen LogP contribution in [-0.4, -0.2) is 61.5 Å². The van der Waals surface area contributed by atoms with Crippen molar-refractivity contribution in [3.63, 3.8) is 0 Å². The molecular weight excluding hydrogens is 596 g/mol. The summed E-state index contributed by atoms with van der Waals surface area (Å²) in [4.78, 5) is 41.3. The van der Waals surface area contributed by atoms with E-state index in [4.69, 9.17) is 32.7 Å². The van der Waals surface area contributed by atoms with Crippen LogP contribution in [0.5, 0.6) is 0 Å². The third-order valence-electron chi connectivity index (χ3n) is 6.49. The summed E-state index contributed by atoms with van der Waals surface area (Å²) in [5.74, 6) is -0.864. The van der Waals surface area contributed by atoms with Crippen LogP contribution >= 0.6 is 23.2 Å². The van der Waals surface area contributed by atoms with Gasteiger partial charge in [-0.2, -0.15) is 0 Å². The Morgan fingerprint density at radius 1 is 0.791 bits per heavy atom. The maximum absolute atomic E-state index is 13.7. The highest BCUT2D eigenvalue weighted by molar-refractivity contribution is 6.18. The number of halogens is 3. The van der Waals surface area contributed by atoms with Gasteiger partial charge in [-0.25, -0.2) is 14.0 Å². The predicted molar refractivity (Wildman–Crippen MR) is 166 cm³/mol. The molecule has 0 fully saturated rings. The number of nitrogens with one attached hydrogen (secondary N) is 2. The van der Waals surface area contributed by atoms with Crippen molar-refractivity contribution in [1.82, 2.24) is 10.6 Å². The van der Waals surface area contributed by atoms with E-state index < -0.39 is 35.9 Å². The summed E-state index contributed by atoms with van der Waals surface area (Å²) in [6.07, 6.45) is -0.628. The number of carbonyl (C=O) groups excluding carboxylic acids is 3. The number of alkyl halides is 2. The lowest BCUT2D eigenvalue weighted by atomic mass is 10.0. The van der Waals surface area contributed by atoms with E-state index in [9.17, 15) is 18.8 Å². The van der Waals surface area contributed by atoms with E-state index in [0.717, 1.165) is 16.8 Å². The van der Waals surface area contributed by atoms with Gasteiger partial charge < -0.3 is 25.0 Å². The minimum absolute atomic E-state index is 0.0122. The maximum Gasteiger partial charge on any atom is 0.408 e. The summed E-state index contributed by atoms with van der Waals surface area (Å²) in [6.45, 7) is 2.94.